The van der Waals surface area contributed by atoms with Crippen LogP contribution in [0.4, 0.5) is 13.2 Å². The fourth-order valence-corrected chi connectivity index (χ4v) is 5.31. The Morgan fingerprint density at radius 3 is 2.11 bits per heavy atom. The minimum atomic E-state index is -5.00. The van der Waals surface area contributed by atoms with E-state index in [1.165, 1.54) is 6.20 Å². The zero-order valence-electron chi connectivity index (χ0n) is 21.1. The van der Waals surface area contributed by atoms with Gasteiger partial charge < -0.3 is 10.4 Å². The molecule has 3 rings (SSSR count). The summed E-state index contributed by atoms with van der Waals surface area (Å²) in [6.45, 7) is 2.61. The van der Waals surface area contributed by atoms with Crippen LogP contribution in [0.5, 0.6) is 0 Å². The van der Waals surface area contributed by atoms with Crippen molar-refractivity contribution in [1.82, 2.24) is 14.5 Å². The van der Waals surface area contributed by atoms with Crippen molar-refractivity contribution < 1.29 is 36.3 Å². The monoisotopic (exact) mass is 553 g/mol. The van der Waals surface area contributed by atoms with Crippen LogP contribution in [0.1, 0.15) is 25.0 Å². The van der Waals surface area contributed by atoms with E-state index in [1.807, 2.05) is 0 Å². The molecule has 3 unspecified atom stereocenters. The van der Waals surface area contributed by atoms with Crippen LogP contribution in [-0.4, -0.2) is 71.7 Å². The van der Waals surface area contributed by atoms with Crippen LogP contribution in [0.3, 0.4) is 0 Å². The summed E-state index contributed by atoms with van der Waals surface area (Å²) in [7, 11) is -3.88. The van der Waals surface area contributed by atoms with E-state index in [9.17, 15) is 36.3 Å². The highest BCUT2D eigenvalue weighted by Gasteiger charge is 2.45. The second-order valence-electron chi connectivity index (χ2n) is 9.44. The van der Waals surface area contributed by atoms with Crippen LogP contribution in [0, 0.1) is 5.92 Å². The van der Waals surface area contributed by atoms with Gasteiger partial charge in [-0.3, -0.25) is 18.8 Å². The van der Waals surface area contributed by atoms with Crippen molar-refractivity contribution in [3.05, 3.63) is 78.0 Å². The van der Waals surface area contributed by atoms with Gasteiger partial charge in [-0.25, -0.2) is 8.42 Å². The van der Waals surface area contributed by atoms with Crippen LogP contribution < -0.4 is 5.32 Å². The fraction of sp³-hybridized carbons (Fsp3) is 0.385. The number of aliphatic hydroxyl groups excluding tert-OH is 1. The molecule has 1 aliphatic rings. The Morgan fingerprint density at radius 1 is 1.05 bits per heavy atom. The maximum atomic E-state index is 13.6. The number of hydrogen-bond acceptors (Lipinski definition) is 5. The molecule has 2 aromatic carbocycles. The van der Waals surface area contributed by atoms with Crippen molar-refractivity contribution in [2.75, 3.05) is 12.8 Å². The predicted octanol–water partition coefficient (Wildman–Crippen LogP) is 2.76. The lowest BCUT2D eigenvalue weighted by Gasteiger charge is -2.41. The number of halogens is 3. The highest BCUT2D eigenvalue weighted by Crippen LogP contribution is 2.31. The fourth-order valence-electron chi connectivity index (χ4n) is 4.27. The van der Waals surface area contributed by atoms with Crippen LogP contribution in [0.2, 0.25) is 0 Å². The third kappa shape index (κ3) is 6.93. The molecular weight excluding hydrogens is 523 g/mol. The van der Waals surface area contributed by atoms with Crippen LogP contribution in [0.15, 0.2) is 66.9 Å². The second kappa shape index (κ2) is 11.6. The van der Waals surface area contributed by atoms with E-state index in [4.69, 9.17) is 0 Å². The smallest absolute Gasteiger partial charge is 0.382 e. The van der Waals surface area contributed by atoms with E-state index in [0.29, 0.717) is 11.1 Å². The molecule has 0 saturated carbocycles. The minimum Gasteiger partial charge on any atom is -0.382 e. The van der Waals surface area contributed by atoms with Gasteiger partial charge in [-0.2, -0.15) is 13.2 Å². The molecule has 0 bridgehead atoms. The number of carbonyl (C=O) groups is 2. The number of aliphatic hydroxyl groups is 1. The summed E-state index contributed by atoms with van der Waals surface area (Å²) in [5.74, 6) is -2.12. The first-order valence-corrected chi connectivity index (χ1v) is 13.7. The summed E-state index contributed by atoms with van der Waals surface area (Å²) >= 11 is 0. The molecular formula is C26H30F3N3O5S. The van der Waals surface area contributed by atoms with Crippen molar-refractivity contribution in [1.29, 1.82) is 0 Å². The highest BCUT2D eigenvalue weighted by molar-refractivity contribution is 7.88. The van der Waals surface area contributed by atoms with E-state index in [1.54, 1.807) is 74.5 Å². The molecule has 206 valence electrons. The van der Waals surface area contributed by atoms with Gasteiger partial charge in [0, 0.05) is 6.20 Å². The predicted molar refractivity (Wildman–Crippen MR) is 136 cm³/mol. The normalized spacial score (nSPS) is 18.3. The number of benzene rings is 2. The summed E-state index contributed by atoms with van der Waals surface area (Å²) in [6, 6.07) is 13.5. The first kappa shape index (κ1) is 29.2. The molecule has 0 spiro atoms. The standard InChI is InChI=1S/C26H30F3N3O5S/c1-17(2)23-25(35)31(21(15-32(23)38(3,36)37)19-12-8-5-9-13-19)16-22(33)30-20(24(34)26(27,28)29)14-18-10-6-4-7-11-18/h4-13,15,17,20,23-24,34H,14,16H2,1-3H3,(H,30,33). The van der Waals surface area contributed by atoms with Crippen LogP contribution in [-0.2, 0) is 26.0 Å². The number of amides is 2. The van der Waals surface area contributed by atoms with E-state index < -0.39 is 58.7 Å². The lowest BCUT2D eigenvalue weighted by Crippen LogP contribution is -2.57. The lowest BCUT2D eigenvalue weighted by molar-refractivity contribution is -0.212. The van der Waals surface area contributed by atoms with Crippen molar-refractivity contribution in [3.8, 4) is 0 Å². The number of rotatable bonds is 9. The number of hydrogen-bond donors (Lipinski definition) is 2. The molecule has 2 aromatic rings. The zero-order valence-corrected chi connectivity index (χ0v) is 21.9. The first-order chi connectivity index (χ1) is 17.7. The van der Waals surface area contributed by atoms with E-state index in [0.717, 1.165) is 15.5 Å². The minimum absolute atomic E-state index is 0.101. The maximum absolute atomic E-state index is 13.6. The van der Waals surface area contributed by atoms with E-state index in [-0.39, 0.29) is 12.1 Å². The van der Waals surface area contributed by atoms with Crippen LogP contribution >= 0.6 is 0 Å². The quantitative estimate of drug-likeness (QED) is 0.497. The second-order valence-corrected chi connectivity index (χ2v) is 11.3. The molecule has 8 nitrogen and oxygen atoms in total. The van der Waals surface area contributed by atoms with Crippen molar-refractivity contribution in [2.45, 2.75) is 44.6 Å². The molecule has 0 aliphatic carbocycles. The summed E-state index contributed by atoms with van der Waals surface area (Å²) < 4.78 is 66.3. The molecule has 38 heavy (non-hydrogen) atoms. The number of nitrogens with zero attached hydrogens (tertiary/aromatic N) is 2. The Kier molecular flexibility index (Phi) is 8.88. The Balaban J connectivity index is 1.96. The zero-order chi connectivity index (χ0) is 28.3. The lowest BCUT2D eigenvalue weighted by atomic mass is 9.99. The summed E-state index contributed by atoms with van der Waals surface area (Å²) in [6.07, 6.45) is -5.93. The van der Waals surface area contributed by atoms with Crippen molar-refractivity contribution in [2.24, 2.45) is 5.92 Å². The van der Waals surface area contributed by atoms with Crippen LogP contribution in [0.25, 0.3) is 5.70 Å². The molecule has 0 aromatic heterocycles. The third-order valence-electron chi connectivity index (χ3n) is 6.08. The highest BCUT2D eigenvalue weighted by atomic mass is 32.2. The average molecular weight is 554 g/mol. The van der Waals surface area contributed by atoms with Gasteiger partial charge in [-0.15, -0.1) is 0 Å². The van der Waals surface area contributed by atoms with Gasteiger partial charge in [0.1, 0.15) is 12.6 Å². The average Bonchev–Trinajstić information content (AvgIpc) is 2.83. The molecule has 1 aliphatic heterocycles. The SMILES string of the molecule is CC(C)C1C(=O)N(CC(=O)NC(Cc2ccccc2)C(O)C(F)(F)F)C(c2ccccc2)=CN1S(C)(=O)=O. The third-order valence-corrected chi connectivity index (χ3v) is 7.18. The number of alkyl halides is 3. The Labute approximate surface area is 219 Å². The Bertz CT molecular complexity index is 1270. The topological polar surface area (TPSA) is 107 Å². The number of carbonyl (C=O) groups excluding carboxylic acids is 2. The summed E-state index contributed by atoms with van der Waals surface area (Å²) in [4.78, 5) is 27.7. The van der Waals surface area contributed by atoms with E-state index in [2.05, 4.69) is 5.32 Å². The maximum Gasteiger partial charge on any atom is 0.416 e. The summed E-state index contributed by atoms with van der Waals surface area (Å²) in [5.41, 5.74) is 0.994. The van der Waals surface area contributed by atoms with Gasteiger partial charge in [-0.1, -0.05) is 74.5 Å². The first-order valence-electron chi connectivity index (χ1n) is 11.9. The van der Waals surface area contributed by atoms with Crippen molar-refractivity contribution in [3.63, 3.8) is 0 Å². The Morgan fingerprint density at radius 2 is 1.61 bits per heavy atom. The molecule has 0 radical (unpaired) electrons. The van der Waals surface area contributed by atoms with Gasteiger partial charge in [0.2, 0.25) is 15.9 Å². The van der Waals surface area contributed by atoms with Gasteiger partial charge in [-0.05, 0) is 23.5 Å². The number of nitrogens with one attached hydrogen (secondary N) is 1. The molecule has 2 N–H and O–H groups in total. The largest absolute Gasteiger partial charge is 0.416 e. The van der Waals surface area contributed by atoms with Gasteiger partial charge in [0.15, 0.2) is 6.10 Å². The Hall–Kier alpha value is -3.38. The van der Waals surface area contributed by atoms with Gasteiger partial charge >= 0.3 is 6.18 Å². The molecule has 2 amide bonds. The molecule has 0 saturated heterocycles. The van der Waals surface area contributed by atoms with Gasteiger partial charge in [0.25, 0.3) is 5.91 Å². The van der Waals surface area contributed by atoms with Gasteiger partial charge in [0.05, 0.1) is 18.0 Å². The summed E-state index contributed by atoms with van der Waals surface area (Å²) in [5, 5.41) is 12.2. The number of sulfonamides is 1. The molecule has 3 atom stereocenters. The van der Waals surface area contributed by atoms with E-state index >= 15 is 0 Å². The molecule has 0 fully saturated rings. The van der Waals surface area contributed by atoms with Crippen molar-refractivity contribution >= 4 is 27.5 Å². The molecule has 1 heterocycles. The molecule has 12 heteroatoms.